The molecule has 0 unspecified atom stereocenters. The van der Waals surface area contributed by atoms with Crippen LogP contribution in [0.4, 0.5) is 10.1 Å². The van der Waals surface area contributed by atoms with E-state index in [1.165, 1.54) is 18.5 Å². The Morgan fingerprint density at radius 2 is 2.07 bits per heavy atom. The van der Waals surface area contributed by atoms with Crippen molar-refractivity contribution in [2.24, 2.45) is 0 Å². The zero-order chi connectivity index (χ0) is 19.4. The molecule has 1 aliphatic heterocycles. The second kappa shape index (κ2) is 5.99. The van der Waals surface area contributed by atoms with Crippen molar-refractivity contribution in [1.29, 1.82) is 0 Å². The van der Waals surface area contributed by atoms with E-state index in [-0.39, 0.29) is 18.3 Å². The van der Waals surface area contributed by atoms with Gasteiger partial charge in [0.2, 0.25) is 12.2 Å². The van der Waals surface area contributed by atoms with E-state index in [9.17, 15) is 9.50 Å². The average molecular weight is 382 g/mol. The van der Waals surface area contributed by atoms with Gasteiger partial charge in [-0.2, -0.15) is 9.97 Å². The number of hydrogen-bond acceptors (Lipinski definition) is 8. The number of hydrogen-bond donors (Lipinski definition) is 3. The summed E-state index contributed by atoms with van der Waals surface area (Å²) in [7, 11) is 1.70. The molecule has 142 valence electrons. The Hall–Kier alpha value is -3.53. The minimum atomic E-state index is -1.25. The van der Waals surface area contributed by atoms with Gasteiger partial charge in [0.1, 0.15) is 17.3 Å². The maximum atomic E-state index is 14.7. The fraction of sp³-hybridized carbons (Fsp3) is 0.222. The maximum Gasteiger partial charge on any atom is 0.327 e. The van der Waals surface area contributed by atoms with Gasteiger partial charge in [0.05, 0.1) is 29.0 Å². The Labute approximate surface area is 157 Å². The molecule has 0 bridgehead atoms. The van der Waals surface area contributed by atoms with Crippen molar-refractivity contribution in [3.05, 3.63) is 35.7 Å². The summed E-state index contributed by atoms with van der Waals surface area (Å²) >= 11 is 0. The van der Waals surface area contributed by atoms with Crippen molar-refractivity contribution in [3.8, 4) is 17.6 Å². The van der Waals surface area contributed by atoms with Crippen LogP contribution < -0.4 is 14.8 Å². The molecule has 4 aromatic rings. The Bertz CT molecular complexity index is 1220. The van der Waals surface area contributed by atoms with Crippen LogP contribution in [0.3, 0.4) is 0 Å². The third-order valence-corrected chi connectivity index (χ3v) is 4.59. The molecule has 1 aromatic carbocycles. The largest absolute Gasteiger partial charge is 0.447 e. The molecule has 3 aromatic heterocycles. The molecule has 0 saturated carbocycles. The van der Waals surface area contributed by atoms with Crippen LogP contribution >= 0.6 is 0 Å². The first-order valence-electron chi connectivity index (χ1n) is 8.57. The molecule has 4 heterocycles. The third kappa shape index (κ3) is 2.49. The number of anilines is 1. The van der Waals surface area contributed by atoms with Crippen LogP contribution in [0.1, 0.15) is 11.4 Å². The molecule has 28 heavy (non-hydrogen) atoms. The monoisotopic (exact) mass is 382 g/mol. The number of H-pyrrole nitrogens is 1. The minimum Gasteiger partial charge on any atom is -0.447 e. The van der Waals surface area contributed by atoms with Gasteiger partial charge in [-0.05, 0) is 13.0 Å². The molecule has 10 heteroatoms. The van der Waals surface area contributed by atoms with Crippen LogP contribution in [0.2, 0.25) is 0 Å². The van der Waals surface area contributed by atoms with Crippen LogP contribution in [0.5, 0.6) is 17.6 Å². The molecular formula is C18H15FN6O3. The minimum absolute atomic E-state index is 0.0105. The van der Waals surface area contributed by atoms with E-state index >= 15 is 0 Å². The number of nitrogens with one attached hydrogen (secondary N) is 2. The molecule has 0 fully saturated rings. The number of aliphatic hydroxyl groups excluding tert-OH is 1. The van der Waals surface area contributed by atoms with E-state index in [1.807, 2.05) is 0 Å². The van der Waals surface area contributed by atoms with Crippen molar-refractivity contribution < 1.29 is 19.0 Å². The van der Waals surface area contributed by atoms with Gasteiger partial charge in [-0.15, -0.1) is 0 Å². The number of aromatic amines is 1. The number of nitrogens with zero attached hydrogens (tertiary/aromatic N) is 4. The van der Waals surface area contributed by atoms with E-state index in [4.69, 9.17) is 9.47 Å². The van der Waals surface area contributed by atoms with Crippen molar-refractivity contribution in [2.45, 2.75) is 19.6 Å². The fourth-order valence-corrected chi connectivity index (χ4v) is 3.36. The van der Waals surface area contributed by atoms with Crippen molar-refractivity contribution in [1.82, 2.24) is 24.9 Å². The van der Waals surface area contributed by atoms with Crippen LogP contribution in [0.15, 0.2) is 18.5 Å². The molecule has 5 rings (SSSR count). The lowest BCUT2D eigenvalue weighted by molar-refractivity contribution is -0.0176. The van der Waals surface area contributed by atoms with Gasteiger partial charge in [-0.3, -0.25) is 0 Å². The lowest BCUT2D eigenvalue weighted by Crippen LogP contribution is -2.19. The van der Waals surface area contributed by atoms with E-state index in [2.05, 4.69) is 30.2 Å². The predicted molar refractivity (Wildman–Crippen MR) is 98.1 cm³/mol. The first kappa shape index (κ1) is 16.6. The van der Waals surface area contributed by atoms with Crippen molar-refractivity contribution in [3.63, 3.8) is 0 Å². The first-order chi connectivity index (χ1) is 13.5. The highest BCUT2D eigenvalue weighted by atomic mass is 19.1. The topological polar surface area (TPSA) is 118 Å². The molecule has 9 nitrogen and oxygen atoms in total. The number of ether oxygens (including phenoxy) is 2. The number of halogens is 1. The highest BCUT2D eigenvalue weighted by Gasteiger charge is 2.28. The van der Waals surface area contributed by atoms with Gasteiger partial charge in [0.25, 0.3) is 0 Å². The molecule has 0 spiro atoms. The zero-order valence-electron chi connectivity index (χ0n) is 14.9. The zero-order valence-corrected chi connectivity index (χ0v) is 14.9. The average Bonchev–Trinajstić information content (AvgIpc) is 2.97. The van der Waals surface area contributed by atoms with Crippen molar-refractivity contribution >= 4 is 27.6 Å². The fourth-order valence-electron chi connectivity index (χ4n) is 3.36. The van der Waals surface area contributed by atoms with Gasteiger partial charge in [-0.25, -0.2) is 14.4 Å². The number of aliphatic hydroxyl groups is 1. The summed E-state index contributed by atoms with van der Waals surface area (Å²) in [6.07, 6.45) is 1.74. The molecule has 0 saturated heterocycles. The molecule has 1 atom stereocenters. The summed E-state index contributed by atoms with van der Waals surface area (Å²) in [5.74, 6) is 0.625. The highest BCUT2D eigenvalue weighted by Crippen LogP contribution is 2.41. The van der Waals surface area contributed by atoms with Gasteiger partial charge in [0, 0.05) is 24.4 Å². The summed E-state index contributed by atoms with van der Waals surface area (Å²) in [6.45, 7) is 1.76. The van der Waals surface area contributed by atoms with Gasteiger partial charge < -0.3 is 24.9 Å². The highest BCUT2D eigenvalue weighted by molar-refractivity contribution is 6.14. The van der Waals surface area contributed by atoms with E-state index in [1.54, 1.807) is 14.0 Å². The maximum absolute atomic E-state index is 14.7. The van der Waals surface area contributed by atoms with Gasteiger partial charge in [-0.1, -0.05) is 0 Å². The number of aromatic nitrogens is 5. The van der Waals surface area contributed by atoms with Crippen LogP contribution in [0.25, 0.3) is 21.9 Å². The molecular weight excluding hydrogens is 367 g/mol. The number of benzene rings is 1. The predicted octanol–water partition coefficient (Wildman–Crippen LogP) is 2.44. The summed E-state index contributed by atoms with van der Waals surface area (Å²) in [5.41, 5.74) is 1.96. The normalized spacial score (nSPS) is 15.6. The second-order valence-electron chi connectivity index (χ2n) is 6.39. The van der Waals surface area contributed by atoms with Crippen molar-refractivity contribution in [2.75, 3.05) is 12.4 Å². The summed E-state index contributed by atoms with van der Waals surface area (Å²) in [4.78, 5) is 19.9. The van der Waals surface area contributed by atoms with Gasteiger partial charge >= 0.3 is 6.01 Å². The van der Waals surface area contributed by atoms with Crippen LogP contribution in [-0.4, -0.2) is 43.4 Å². The molecule has 0 amide bonds. The summed E-state index contributed by atoms with van der Waals surface area (Å²) in [6, 6.07) is 1.36. The molecule has 1 aliphatic rings. The van der Waals surface area contributed by atoms with Crippen LogP contribution in [0, 0.1) is 12.7 Å². The SMILES string of the molecule is CNc1cc(F)c2c3c1[nH]c1nc(Oc4cnc(C)nc4)nc(c13)O[C@@H](O)C2. The Kier molecular flexibility index (Phi) is 3.56. The standard InChI is InChI=1S/C18H15FN6O3/c1-7-21-5-8(6-22-7)27-18-24-16-14-13-9(3-12(26)28-17(14)25-18)10(19)4-11(20-2)15(13)23-16/h4-6,12,20,26H,3H2,1-2H3,(H,23,24,25)/t12-/m1/s1. The van der Waals surface area contributed by atoms with Crippen LogP contribution in [-0.2, 0) is 6.42 Å². The molecule has 0 radical (unpaired) electrons. The van der Waals surface area contributed by atoms with Gasteiger partial charge in [0.15, 0.2) is 5.75 Å². The molecule has 3 N–H and O–H groups in total. The second-order valence-corrected chi connectivity index (χ2v) is 6.39. The Balaban J connectivity index is 1.75. The Morgan fingerprint density at radius 1 is 1.29 bits per heavy atom. The Morgan fingerprint density at radius 3 is 2.82 bits per heavy atom. The third-order valence-electron chi connectivity index (χ3n) is 4.59. The van der Waals surface area contributed by atoms with E-state index in [0.29, 0.717) is 44.8 Å². The van der Waals surface area contributed by atoms with E-state index < -0.39 is 12.1 Å². The smallest absolute Gasteiger partial charge is 0.327 e. The quantitative estimate of drug-likeness (QED) is 0.494. The number of aryl methyl sites for hydroxylation is 1. The summed E-state index contributed by atoms with van der Waals surface area (Å²) < 4.78 is 25.8. The van der Waals surface area contributed by atoms with E-state index in [0.717, 1.165) is 0 Å². The lowest BCUT2D eigenvalue weighted by Gasteiger charge is -2.12. The lowest BCUT2D eigenvalue weighted by atomic mass is 10.0. The molecule has 0 aliphatic carbocycles. The first-order valence-corrected chi connectivity index (χ1v) is 8.57. The number of rotatable bonds is 3. The summed E-state index contributed by atoms with van der Waals surface area (Å²) in [5, 5.41) is 14.2.